The van der Waals surface area contributed by atoms with E-state index in [4.69, 9.17) is 14.5 Å². The van der Waals surface area contributed by atoms with Crippen molar-refractivity contribution in [2.75, 3.05) is 0 Å². The van der Waals surface area contributed by atoms with E-state index in [9.17, 15) is 13.2 Å². The number of carbonyl (C=O) groups excluding carboxylic acids is 1. The summed E-state index contributed by atoms with van der Waals surface area (Å²) >= 11 is 0. The normalized spacial score (nSPS) is 16.2. The van der Waals surface area contributed by atoms with Crippen LogP contribution < -0.4 is 9.46 Å². The Morgan fingerprint density at radius 1 is 0.947 bits per heavy atom. The summed E-state index contributed by atoms with van der Waals surface area (Å²) in [5.74, 6) is -0.335. The van der Waals surface area contributed by atoms with Crippen LogP contribution in [0.3, 0.4) is 0 Å². The average molecular weight is 536 g/mol. The van der Waals surface area contributed by atoms with Crippen molar-refractivity contribution in [1.29, 1.82) is 0 Å². The number of hydrogen-bond donors (Lipinski definition) is 1. The fourth-order valence-corrected chi connectivity index (χ4v) is 5.79. The molecule has 0 spiro atoms. The number of ether oxygens (including phenoxy) is 2. The first-order valence-electron chi connectivity index (χ1n) is 12.3. The van der Waals surface area contributed by atoms with Crippen molar-refractivity contribution in [3.05, 3.63) is 82.2 Å². The molecular formula is C29H33N3O5S. The summed E-state index contributed by atoms with van der Waals surface area (Å²) in [4.78, 5) is 22.1. The lowest BCUT2D eigenvalue weighted by molar-refractivity contribution is -0.0444. The predicted molar refractivity (Wildman–Crippen MR) is 146 cm³/mol. The Kier molecular flexibility index (Phi) is 6.96. The molecule has 3 heterocycles. The molecule has 1 aliphatic heterocycles. The number of rotatable bonds is 6. The zero-order valence-electron chi connectivity index (χ0n) is 23.0. The molecule has 2 aromatic heterocycles. The van der Waals surface area contributed by atoms with Gasteiger partial charge in [0.2, 0.25) is 5.88 Å². The van der Waals surface area contributed by atoms with Gasteiger partial charge in [0.05, 0.1) is 16.9 Å². The summed E-state index contributed by atoms with van der Waals surface area (Å²) in [6, 6.07) is 11.7. The van der Waals surface area contributed by atoms with Crippen LogP contribution in [0.2, 0.25) is 0 Å². The van der Waals surface area contributed by atoms with Crippen LogP contribution in [0.15, 0.2) is 53.6 Å². The SMILES string of the molecule is Cc1cc(C)c(Oc2nc(C3=CC(C)(C)OC3(C)C)ccc2C(=O)NS(=O)(=O)c2cccc(C)n2)c(C)c1. The smallest absolute Gasteiger partial charge is 0.281 e. The van der Waals surface area contributed by atoms with E-state index in [1.807, 2.05) is 66.7 Å². The molecule has 1 aliphatic rings. The molecule has 0 unspecified atom stereocenters. The molecule has 0 aliphatic carbocycles. The van der Waals surface area contributed by atoms with Crippen molar-refractivity contribution in [2.24, 2.45) is 0 Å². The van der Waals surface area contributed by atoms with Crippen LogP contribution >= 0.6 is 0 Å². The molecule has 0 bridgehead atoms. The van der Waals surface area contributed by atoms with Crippen LogP contribution in [-0.4, -0.2) is 35.5 Å². The van der Waals surface area contributed by atoms with Gasteiger partial charge in [-0.25, -0.2) is 14.7 Å². The number of hydrogen-bond acceptors (Lipinski definition) is 7. The zero-order valence-corrected chi connectivity index (χ0v) is 23.8. The Morgan fingerprint density at radius 2 is 1.61 bits per heavy atom. The number of benzene rings is 1. The van der Waals surface area contributed by atoms with Crippen LogP contribution in [0.5, 0.6) is 11.6 Å². The van der Waals surface area contributed by atoms with Gasteiger partial charge in [0, 0.05) is 11.3 Å². The number of aromatic nitrogens is 2. The van der Waals surface area contributed by atoms with Crippen LogP contribution in [0, 0.1) is 27.7 Å². The Hall–Kier alpha value is -3.56. The van der Waals surface area contributed by atoms with Gasteiger partial charge in [0.15, 0.2) is 5.03 Å². The van der Waals surface area contributed by atoms with E-state index >= 15 is 0 Å². The molecule has 8 nitrogen and oxygen atoms in total. The van der Waals surface area contributed by atoms with Gasteiger partial charge in [-0.15, -0.1) is 0 Å². The van der Waals surface area contributed by atoms with Crippen LogP contribution in [-0.2, 0) is 14.8 Å². The number of carbonyl (C=O) groups is 1. The van der Waals surface area contributed by atoms with Crippen molar-refractivity contribution >= 4 is 21.5 Å². The zero-order chi connectivity index (χ0) is 28.0. The quantitative estimate of drug-likeness (QED) is 0.438. The Morgan fingerprint density at radius 3 is 2.18 bits per heavy atom. The van der Waals surface area contributed by atoms with E-state index < -0.39 is 27.1 Å². The highest BCUT2D eigenvalue weighted by atomic mass is 32.2. The van der Waals surface area contributed by atoms with Gasteiger partial charge in [0.1, 0.15) is 11.3 Å². The summed E-state index contributed by atoms with van der Waals surface area (Å²) in [6.07, 6.45) is 2.00. The molecule has 4 rings (SSSR count). The molecule has 0 radical (unpaired) electrons. The second-order valence-electron chi connectivity index (χ2n) is 10.7. The van der Waals surface area contributed by atoms with E-state index in [1.165, 1.54) is 12.1 Å². The van der Waals surface area contributed by atoms with Crippen LogP contribution in [0.4, 0.5) is 0 Å². The summed E-state index contributed by atoms with van der Waals surface area (Å²) < 4.78 is 40.4. The van der Waals surface area contributed by atoms with Gasteiger partial charge in [0.25, 0.3) is 15.9 Å². The van der Waals surface area contributed by atoms with Gasteiger partial charge in [-0.3, -0.25) is 4.79 Å². The molecule has 0 atom stereocenters. The Balaban J connectivity index is 1.80. The van der Waals surface area contributed by atoms with Crippen molar-refractivity contribution in [2.45, 2.75) is 71.6 Å². The van der Waals surface area contributed by atoms with E-state index in [2.05, 4.69) is 9.71 Å². The lowest BCUT2D eigenvalue weighted by Gasteiger charge is -2.27. The first-order valence-corrected chi connectivity index (χ1v) is 13.8. The molecule has 0 saturated carbocycles. The maximum atomic E-state index is 13.3. The second kappa shape index (κ2) is 9.63. The summed E-state index contributed by atoms with van der Waals surface area (Å²) in [6.45, 7) is 15.3. The molecule has 3 aromatic rings. The molecule has 0 fully saturated rings. The number of aryl methyl sites for hydroxylation is 4. The predicted octanol–water partition coefficient (Wildman–Crippen LogP) is 5.59. The van der Waals surface area contributed by atoms with Gasteiger partial charge < -0.3 is 9.47 Å². The first-order chi connectivity index (χ1) is 17.6. The van der Waals surface area contributed by atoms with Gasteiger partial charge in [-0.05, 0) is 96.9 Å². The highest BCUT2D eigenvalue weighted by Crippen LogP contribution is 2.42. The largest absolute Gasteiger partial charge is 0.438 e. The van der Waals surface area contributed by atoms with Crippen molar-refractivity contribution in [1.82, 2.24) is 14.7 Å². The highest BCUT2D eigenvalue weighted by molar-refractivity contribution is 7.90. The summed E-state index contributed by atoms with van der Waals surface area (Å²) in [5, 5.41) is -0.250. The molecule has 1 amide bonds. The van der Waals surface area contributed by atoms with E-state index in [-0.39, 0.29) is 16.5 Å². The van der Waals surface area contributed by atoms with E-state index in [0.717, 1.165) is 22.3 Å². The fourth-order valence-electron chi connectivity index (χ4n) is 4.81. The molecule has 9 heteroatoms. The standard InChI is InChI=1S/C29H33N3O5S/c1-17-14-18(2)25(19(3)15-17)36-27-21(26(33)32-38(34,35)24-11-9-10-20(4)30-24)12-13-23(31-27)22-16-28(5,6)37-29(22,7)8/h9-16H,1-8H3,(H,32,33). The maximum Gasteiger partial charge on any atom is 0.281 e. The lowest BCUT2D eigenvalue weighted by Crippen LogP contribution is -2.32. The second-order valence-corrected chi connectivity index (χ2v) is 12.3. The minimum atomic E-state index is -4.23. The van der Waals surface area contributed by atoms with Crippen molar-refractivity contribution < 1.29 is 22.7 Å². The van der Waals surface area contributed by atoms with Gasteiger partial charge in [-0.1, -0.05) is 23.8 Å². The minimum absolute atomic E-state index is 0.0103. The first kappa shape index (κ1) is 27.5. The molecule has 200 valence electrons. The highest BCUT2D eigenvalue weighted by Gasteiger charge is 2.40. The molecule has 0 saturated heterocycles. The molecule has 38 heavy (non-hydrogen) atoms. The number of pyridine rings is 2. The van der Waals surface area contributed by atoms with Crippen LogP contribution in [0.1, 0.15) is 66.1 Å². The Bertz CT molecular complexity index is 1550. The summed E-state index contributed by atoms with van der Waals surface area (Å²) in [7, 11) is -4.23. The maximum absolute atomic E-state index is 13.3. The molecule has 1 N–H and O–H groups in total. The average Bonchev–Trinajstić information content (AvgIpc) is 3.02. The third kappa shape index (κ3) is 5.63. The van der Waals surface area contributed by atoms with Gasteiger partial charge >= 0.3 is 0 Å². The number of amides is 1. The van der Waals surface area contributed by atoms with E-state index in [1.54, 1.807) is 25.1 Å². The van der Waals surface area contributed by atoms with Crippen molar-refractivity contribution in [3.8, 4) is 11.6 Å². The molecular weight excluding hydrogens is 502 g/mol. The van der Waals surface area contributed by atoms with Crippen molar-refractivity contribution in [3.63, 3.8) is 0 Å². The number of sulfonamides is 1. The Labute approximate surface area is 224 Å². The summed E-state index contributed by atoms with van der Waals surface area (Å²) in [5.41, 5.74) is 3.56. The third-order valence-corrected chi connectivity index (χ3v) is 7.44. The number of nitrogens with one attached hydrogen (secondary N) is 1. The van der Waals surface area contributed by atoms with E-state index in [0.29, 0.717) is 17.1 Å². The monoisotopic (exact) mass is 535 g/mol. The topological polar surface area (TPSA) is 107 Å². The van der Waals surface area contributed by atoms with Crippen LogP contribution in [0.25, 0.3) is 5.57 Å². The molecule has 1 aromatic carbocycles. The third-order valence-electron chi connectivity index (χ3n) is 6.21. The van der Waals surface area contributed by atoms with Gasteiger partial charge in [-0.2, -0.15) is 8.42 Å². The minimum Gasteiger partial charge on any atom is -0.438 e. The lowest BCUT2D eigenvalue weighted by atomic mass is 9.94. The fraction of sp³-hybridized carbons (Fsp3) is 0.345. The number of nitrogens with zero attached hydrogens (tertiary/aromatic N) is 2.